The number of carbonyl (C=O) groups is 3. The molecule has 1 aromatic carbocycles. The van der Waals surface area contributed by atoms with Gasteiger partial charge in [-0.2, -0.15) is 0 Å². The van der Waals surface area contributed by atoms with Gasteiger partial charge in [0.2, 0.25) is 0 Å². The first kappa shape index (κ1) is 38.1. The number of ether oxygens (including phenoxy) is 8. The average Bonchev–Trinajstić information content (AvgIpc) is 3.02. The van der Waals surface area contributed by atoms with Gasteiger partial charge >= 0.3 is 17.9 Å². The minimum Gasteiger partial charge on any atom is -0.467 e. The second-order valence-electron chi connectivity index (χ2n) is 13.2. The van der Waals surface area contributed by atoms with Crippen molar-refractivity contribution in [1.82, 2.24) is 0 Å². The molecule has 3 rings (SSSR count). The number of nitrogens with zero attached hydrogens (tertiary/aromatic N) is 3. The molecule has 2 fully saturated rings. The van der Waals surface area contributed by atoms with E-state index in [0.29, 0.717) is 0 Å². The summed E-state index contributed by atoms with van der Waals surface area (Å²) < 4.78 is 45.7. The predicted octanol–water partition coefficient (Wildman–Crippen LogP) is 2.17. The highest BCUT2D eigenvalue weighted by Crippen LogP contribution is 2.35. The van der Waals surface area contributed by atoms with Crippen molar-refractivity contribution in [1.29, 1.82) is 0 Å². The molecular weight excluding hydrogens is 622 g/mol. The third-order valence-electron chi connectivity index (χ3n) is 7.45. The van der Waals surface area contributed by atoms with E-state index in [1.807, 2.05) is 6.07 Å². The summed E-state index contributed by atoms with van der Waals surface area (Å²) in [6.07, 6.45) is -13.6. The number of rotatable bonds is 11. The van der Waals surface area contributed by atoms with Crippen LogP contribution in [0.5, 0.6) is 0 Å². The van der Waals surface area contributed by atoms with Crippen molar-refractivity contribution in [2.45, 2.75) is 109 Å². The Morgan fingerprint density at radius 3 is 2.00 bits per heavy atom. The van der Waals surface area contributed by atoms with Gasteiger partial charge in [-0.3, -0.25) is 9.59 Å². The molecule has 0 spiro atoms. The number of aliphatic hydroxyl groups is 2. The zero-order chi connectivity index (χ0) is 35.1. The summed E-state index contributed by atoms with van der Waals surface area (Å²) in [6.45, 7) is 8.81. The molecule has 0 amide bonds. The van der Waals surface area contributed by atoms with Crippen LogP contribution in [-0.4, -0.2) is 110 Å². The van der Waals surface area contributed by atoms with Crippen LogP contribution in [0.4, 0.5) is 0 Å². The van der Waals surface area contributed by atoms with Crippen LogP contribution in [0.25, 0.3) is 10.4 Å². The minimum atomic E-state index is -1.87. The maximum Gasteiger partial charge on any atom is 0.339 e. The van der Waals surface area contributed by atoms with Crippen molar-refractivity contribution >= 4 is 17.9 Å². The van der Waals surface area contributed by atoms with Gasteiger partial charge in [0.05, 0.1) is 31.2 Å². The molecular formula is C31H45N3O13. The molecule has 0 saturated carbocycles. The van der Waals surface area contributed by atoms with Gasteiger partial charge in [-0.1, -0.05) is 35.4 Å². The van der Waals surface area contributed by atoms with E-state index in [1.165, 1.54) is 7.11 Å². The second kappa shape index (κ2) is 16.2. The van der Waals surface area contributed by atoms with Gasteiger partial charge in [0.15, 0.2) is 30.9 Å². The number of azide groups is 1. The molecule has 0 aromatic heterocycles. The molecule has 10 atom stereocenters. The van der Waals surface area contributed by atoms with Crippen LogP contribution >= 0.6 is 0 Å². The highest BCUT2D eigenvalue weighted by Gasteiger charge is 2.57. The molecule has 262 valence electrons. The maximum atomic E-state index is 13.1. The van der Waals surface area contributed by atoms with Gasteiger partial charge in [0.25, 0.3) is 0 Å². The summed E-state index contributed by atoms with van der Waals surface area (Å²) in [5.41, 5.74) is 8.00. The van der Waals surface area contributed by atoms with Gasteiger partial charge in [-0.25, -0.2) is 4.79 Å². The monoisotopic (exact) mass is 667 g/mol. The predicted molar refractivity (Wildman–Crippen MR) is 161 cm³/mol. The Balaban J connectivity index is 2.06. The van der Waals surface area contributed by atoms with Gasteiger partial charge in [0, 0.05) is 12.0 Å². The Kier molecular flexibility index (Phi) is 13.1. The number of hydrogen-bond acceptors (Lipinski definition) is 14. The standard InChI is InChI=1S/C31H45N3O13/c1-30(2,3)28(38)46-22-19(36)27(45-24(25(37)40-7)23(22)47-29(39)31(4,5)6)44-20-17(14-35)43-26(41-8)18(33-34-32)21(20)42-15-16-12-10-9-11-13-16/h9-13,17-24,26-27,35-36H,14-15H2,1-8H3/t17-,18-,19-,20-,21-,22-,23+,24-,26+,27-/m1/s1. The van der Waals surface area contributed by atoms with Crippen LogP contribution in [0, 0.1) is 10.8 Å². The Morgan fingerprint density at radius 2 is 1.49 bits per heavy atom. The molecule has 0 unspecified atom stereocenters. The summed E-state index contributed by atoms with van der Waals surface area (Å²) in [4.78, 5) is 42.1. The number of esters is 3. The molecule has 16 nitrogen and oxygen atoms in total. The highest BCUT2D eigenvalue weighted by molar-refractivity contribution is 5.79. The van der Waals surface area contributed by atoms with Crippen molar-refractivity contribution in [3.63, 3.8) is 0 Å². The molecule has 1 aromatic rings. The largest absolute Gasteiger partial charge is 0.467 e. The molecule has 2 aliphatic heterocycles. The van der Waals surface area contributed by atoms with E-state index >= 15 is 0 Å². The number of benzene rings is 1. The van der Waals surface area contributed by atoms with E-state index in [0.717, 1.165) is 12.7 Å². The van der Waals surface area contributed by atoms with Gasteiger partial charge in [0.1, 0.15) is 30.5 Å². The van der Waals surface area contributed by atoms with E-state index in [-0.39, 0.29) is 6.61 Å². The molecule has 2 heterocycles. The lowest BCUT2D eigenvalue weighted by atomic mass is 9.93. The van der Waals surface area contributed by atoms with Gasteiger partial charge in [-0.05, 0) is 52.6 Å². The fraction of sp³-hybridized carbons (Fsp3) is 0.710. The zero-order valence-electron chi connectivity index (χ0n) is 27.8. The fourth-order valence-electron chi connectivity index (χ4n) is 4.80. The van der Waals surface area contributed by atoms with E-state index in [4.69, 9.17) is 37.9 Å². The normalized spacial score (nSPS) is 31.3. The van der Waals surface area contributed by atoms with Crippen LogP contribution in [0.1, 0.15) is 47.1 Å². The minimum absolute atomic E-state index is 0.00686. The third kappa shape index (κ3) is 9.39. The van der Waals surface area contributed by atoms with Crippen LogP contribution in [0.2, 0.25) is 0 Å². The summed E-state index contributed by atoms with van der Waals surface area (Å²) in [7, 11) is 2.39. The summed E-state index contributed by atoms with van der Waals surface area (Å²) in [5.74, 6) is -2.58. The van der Waals surface area contributed by atoms with Crippen molar-refractivity contribution in [2.24, 2.45) is 15.9 Å². The Hall–Kier alpha value is -3.34. The first-order valence-corrected chi connectivity index (χ1v) is 15.0. The number of aliphatic hydroxyl groups excluding tert-OH is 2. The molecule has 0 radical (unpaired) electrons. The number of hydrogen-bond donors (Lipinski definition) is 2. The average molecular weight is 668 g/mol. The molecule has 2 aliphatic rings. The highest BCUT2D eigenvalue weighted by atomic mass is 16.7. The first-order valence-electron chi connectivity index (χ1n) is 15.0. The number of methoxy groups -OCH3 is 2. The van der Waals surface area contributed by atoms with Crippen LogP contribution in [0.3, 0.4) is 0 Å². The summed E-state index contributed by atoms with van der Waals surface area (Å²) in [6, 6.07) is 7.88. The van der Waals surface area contributed by atoms with Crippen LogP contribution < -0.4 is 0 Å². The van der Waals surface area contributed by atoms with Crippen molar-refractivity contribution < 1.29 is 62.5 Å². The lowest BCUT2D eigenvalue weighted by Crippen LogP contribution is -2.66. The first-order chi connectivity index (χ1) is 22.1. The topological polar surface area (TPSA) is 214 Å². The third-order valence-corrected chi connectivity index (χ3v) is 7.45. The summed E-state index contributed by atoms with van der Waals surface area (Å²) >= 11 is 0. The van der Waals surface area contributed by atoms with Crippen LogP contribution in [0.15, 0.2) is 35.4 Å². The SMILES string of the molecule is COC(=O)[C@@H]1O[C@@H](O[C@H]2[C@H](OCc3ccccc3)[C@@H](N=[N+]=[N-])[C@@H](OC)O[C@@H]2CO)[C@H](O)[C@@H](OC(=O)C(C)(C)C)[C@@H]1OC(=O)C(C)(C)C. The molecule has 0 bridgehead atoms. The van der Waals surface area contributed by atoms with Gasteiger partial charge < -0.3 is 48.1 Å². The van der Waals surface area contributed by atoms with Crippen molar-refractivity contribution in [2.75, 3.05) is 20.8 Å². The zero-order valence-corrected chi connectivity index (χ0v) is 27.8. The van der Waals surface area contributed by atoms with E-state index in [9.17, 15) is 30.1 Å². The molecule has 16 heteroatoms. The van der Waals surface area contributed by atoms with E-state index in [2.05, 4.69) is 10.0 Å². The lowest BCUT2D eigenvalue weighted by molar-refractivity contribution is -0.346. The molecule has 47 heavy (non-hydrogen) atoms. The Bertz CT molecular complexity index is 1260. The van der Waals surface area contributed by atoms with Crippen molar-refractivity contribution in [3.05, 3.63) is 46.3 Å². The number of carbonyl (C=O) groups excluding carboxylic acids is 3. The lowest BCUT2D eigenvalue weighted by Gasteiger charge is -2.48. The molecule has 2 saturated heterocycles. The van der Waals surface area contributed by atoms with Crippen LogP contribution in [-0.2, 0) is 58.9 Å². The van der Waals surface area contributed by atoms with E-state index < -0.39 is 96.7 Å². The fourth-order valence-corrected chi connectivity index (χ4v) is 4.80. The summed E-state index contributed by atoms with van der Waals surface area (Å²) in [5, 5.41) is 25.8. The Labute approximate surface area is 273 Å². The molecule has 0 aliphatic carbocycles. The van der Waals surface area contributed by atoms with E-state index in [1.54, 1.807) is 65.8 Å². The quantitative estimate of drug-likeness (QED) is 0.114. The second-order valence-corrected chi connectivity index (χ2v) is 13.2. The van der Waals surface area contributed by atoms with Gasteiger partial charge in [-0.15, -0.1) is 0 Å². The van der Waals surface area contributed by atoms with Crippen molar-refractivity contribution in [3.8, 4) is 0 Å². The maximum absolute atomic E-state index is 13.1. The molecule has 2 N–H and O–H groups in total. The Morgan fingerprint density at radius 1 is 0.894 bits per heavy atom. The smallest absolute Gasteiger partial charge is 0.339 e.